The predicted octanol–water partition coefficient (Wildman–Crippen LogP) is 5.99. The van der Waals surface area contributed by atoms with Crippen LogP contribution in [0, 0.1) is 5.92 Å². The highest BCUT2D eigenvalue weighted by atomic mass is 32.1. The Morgan fingerprint density at radius 3 is 2.63 bits per heavy atom. The summed E-state index contributed by atoms with van der Waals surface area (Å²) in [6.45, 7) is 12.6. The van der Waals surface area contributed by atoms with Gasteiger partial charge in [0.1, 0.15) is 0 Å². The molecular formula is C29H44N4OS. The highest BCUT2D eigenvalue weighted by molar-refractivity contribution is 7.15. The lowest BCUT2D eigenvalue weighted by Crippen LogP contribution is -2.41. The molecule has 3 N–H and O–H groups in total. The van der Waals surface area contributed by atoms with Crippen LogP contribution in [0.15, 0.2) is 48.1 Å². The van der Waals surface area contributed by atoms with E-state index >= 15 is 0 Å². The first-order chi connectivity index (χ1) is 16.9. The lowest BCUT2D eigenvalue weighted by molar-refractivity contribution is -0.117. The minimum Gasteiger partial charge on any atom is -0.375 e. The maximum atomic E-state index is 12.4. The zero-order valence-corrected chi connectivity index (χ0v) is 22.7. The van der Waals surface area contributed by atoms with E-state index in [1.54, 1.807) is 23.5 Å². The highest BCUT2D eigenvalue weighted by Crippen LogP contribution is 2.32. The Bertz CT molecular complexity index is 932. The monoisotopic (exact) mass is 496 g/mol. The molecule has 2 aliphatic carbocycles. The fourth-order valence-corrected chi connectivity index (χ4v) is 6.22. The third-order valence-corrected chi connectivity index (χ3v) is 8.20. The predicted molar refractivity (Wildman–Crippen MR) is 150 cm³/mol. The van der Waals surface area contributed by atoms with E-state index in [1.807, 2.05) is 18.2 Å². The first-order valence-electron chi connectivity index (χ1n) is 13.3. The van der Waals surface area contributed by atoms with Crippen molar-refractivity contribution in [3.05, 3.63) is 58.7 Å². The van der Waals surface area contributed by atoms with E-state index in [0.29, 0.717) is 6.04 Å². The van der Waals surface area contributed by atoms with E-state index in [4.69, 9.17) is 5.73 Å². The van der Waals surface area contributed by atoms with E-state index < -0.39 is 0 Å². The molecule has 0 spiro atoms. The maximum absolute atomic E-state index is 12.4. The van der Waals surface area contributed by atoms with Gasteiger partial charge >= 0.3 is 0 Å². The zero-order valence-electron chi connectivity index (χ0n) is 21.9. The summed E-state index contributed by atoms with van der Waals surface area (Å²) in [6.07, 6.45) is 19.6. The standard InChI is InChI=1S/C29H44N4OS/c1-5-18-33(25-14-15-26-27(20-25)35-29(30)32-26)19-17-23-9-12-24(13-10-23)31-28(34)16-11-22(6-2)8-7-21(3)4/h6-8,11,16,23-25H,2,5,9-10,12-15,17-20H2,1,3-4H3,(H2,30,32)(H,31,34). The summed E-state index contributed by atoms with van der Waals surface area (Å²) in [4.78, 5) is 21.0. The van der Waals surface area contributed by atoms with E-state index in [0.717, 1.165) is 42.3 Å². The zero-order chi connectivity index (χ0) is 25.2. The number of thiazole rings is 1. The van der Waals surface area contributed by atoms with Gasteiger partial charge in [-0.25, -0.2) is 4.98 Å². The van der Waals surface area contributed by atoms with Crippen LogP contribution in [0.2, 0.25) is 0 Å². The molecule has 5 nitrogen and oxygen atoms in total. The average molecular weight is 497 g/mol. The number of rotatable bonds is 11. The van der Waals surface area contributed by atoms with Crippen molar-refractivity contribution in [2.24, 2.45) is 5.92 Å². The van der Waals surface area contributed by atoms with Crippen molar-refractivity contribution in [1.29, 1.82) is 0 Å². The summed E-state index contributed by atoms with van der Waals surface area (Å²) in [7, 11) is 0. The molecule has 2 aliphatic rings. The second kappa shape index (κ2) is 13.8. The van der Waals surface area contributed by atoms with E-state index in [2.05, 4.69) is 42.6 Å². The van der Waals surface area contributed by atoms with Gasteiger partial charge in [0.05, 0.1) is 5.69 Å². The van der Waals surface area contributed by atoms with Crippen LogP contribution in [0.5, 0.6) is 0 Å². The van der Waals surface area contributed by atoms with Crippen molar-refractivity contribution in [2.75, 3.05) is 18.8 Å². The van der Waals surface area contributed by atoms with Crippen LogP contribution in [0.4, 0.5) is 5.13 Å². The van der Waals surface area contributed by atoms with Crippen LogP contribution < -0.4 is 11.1 Å². The van der Waals surface area contributed by atoms with Gasteiger partial charge in [0.2, 0.25) is 5.91 Å². The Morgan fingerprint density at radius 2 is 1.94 bits per heavy atom. The number of carbonyl (C=O) groups excluding carboxylic acids is 1. The molecule has 0 saturated heterocycles. The van der Waals surface area contributed by atoms with Gasteiger partial charge in [-0.3, -0.25) is 4.79 Å². The van der Waals surface area contributed by atoms with E-state index in [1.165, 1.54) is 61.3 Å². The number of nitrogens with one attached hydrogen (secondary N) is 1. The fraction of sp³-hybridized carbons (Fsp3) is 0.586. The van der Waals surface area contributed by atoms with Crippen molar-refractivity contribution in [3.63, 3.8) is 0 Å². The molecule has 1 atom stereocenters. The first-order valence-corrected chi connectivity index (χ1v) is 14.1. The maximum Gasteiger partial charge on any atom is 0.244 e. The molecule has 1 aromatic heterocycles. The third kappa shape index (κ3) is 8.76. The van der Waals surface area contributed by atoms with Crippen LogP contribution in [0.25, 0.3) is 0 Å². The molecule has 0 aliphatic heterocycles. The number of carbonyl (C=O) groups is 1. The summed E-state index contributed by atoms with van der Waals surface area (Å²) in [5.41, 5.74) is 9.34. The van der Waals surface area contributed by atoms with Crippen molar-refractivity contribution in [3.8, 4) is 0 Å². The number of nitrogens with zero attached hydrogens (tertiary/aromatic N) is 2. The number of nitrogens with two attached hydrogens (primary N) is 1. The minimum atomic E-state index is -0.00658. The normalized spacial score (nSPS) is 22.7. The number of allylic oxidation sites excluding steroid dienone is 6. The Labute approximate surface area is 216 Å². The molecule has 192 valence electrons. The van der Waals surface area contributed by atoms with Gasteiger partial charge < -0.3 is 16.0 Å². The number of aryl methyl sites for hydroxylation is 1. The third-order valence-electron chi connectivity index (χ3n) is 7.25. The highest BCUT2D eigenvalue weighted by Gasteiger charge is 2.28. The number of amides is 1. The SMILES string of the molecule is C=CC(C=CC(=O)NC1CCC(CCN(CCC)C2CCc3nc(N)sc3C2)CC1)=CC=C(C)C. The summed E-state index contributed by atoms with van der Waals surface area (Å²) in [6, 6.07) is 0.911. The second-order valence-electron chi connectivity index (χ2n) is 10.3. The summed E-state index contributed by atoms with van der Waals surface area (Å²) in [5.74, 6) is 0.753. The Morgan fingerprint density at radius 1 is 1.17 bits per heavy atom. The van der Waals surface area contributed by atoms with Gasteiger partial charge in [0, 0.05) is 23.0 Å². The number of hydrogen-bond acceptors (Lipinski definition) is 5. The van der Waals surface area contributed by atoms with Crippen LogP contribution in [-0.2, 0) is 17.6 Å². The van der Waals surface area contributed by atoms with E-state index in [9.17, 15) is 4.79 Å². The molecule has 1 aromatic rings. The number of hydrogen-bond donors (Lipinski definition) is 2. The van der Waals surface area contributed by atoms with Gasteiger partial charge in [0.25, 0.3) is 0 Å². The smallest absolute Gasteiger partial charge is 0.244 e. The Hall–Kier alpha value is -2.18. The van der Waals surface area contributed by atoms with Crippen molar-refractivity contribution >= 4 is 22.4 Å². The largest absolute Gasteiger partial charge is 0.375 e. The average Bonchev–Trinajstić information content (AvgIpc) is 3.22. The number of anilines is 1. The molecule has 1 amide bonds. The lowest BCUT2D eigenvalue weighted by atomic mass is 9.83. The molecule has 1 unspecified atom stereocenters. The molecule has 6 heteroatoms. The van der Waals surface area contributed by atoms with Gasteiger partial charge in [-0.15, -0.1) is 11.3 Å². The molecule has 3 rings (SSSR count). The Kier molecular flexibility index (Phi) is 10.8. The van der Waals surface area contributed by atoms with Crippen LogP contribution in [-0.4, -0.2) is 41.0 Å². The summed E-state index contributed by atoms with van der Waals surface area (Å²) >= 11 is 1.68. The topological polar surface area (TPSA) is 71.2 Å². The van der Waals surface area contributed by atoms with Crippen LogP contribution >= 0.6 is 11.3 Å². The first kappa shape index (κ1) is 27.4. The number of fused-ring (bicyclic) bond motifs is 1. The Balaban J connectivity index is 1.42. The van der Waals surface area contributed by atoms with Crippen molar-refractivity contribution in [1.82, 2.24) is 15.2 Å². The van der Waals surface area contributed by atoms with Crippen molar-refractivity contribution in [2.45, 2.75) is 90.6 Å². The quantitative estimate of drug-likeness (QED) is 0.291. The molecule has 1 heterocycles. The van der Waals surface area contributed by atoms with Crippen LogP contribution in [0.1, 0.15) is 76.3 Å². The lowest BCUT2D eigenvalue weighted by Gasteiger charge is -2.36. The second-order valence-corrected chi connectivity index (χ2v) is 11.4. The summed E-state index contributed by atoms with van der Waals surface area (Å²) in [5, 5.41) is 3.92. The molecule has 0 radical (unpaired) electrons. The number of aromatic nitrogens is 1. The fourth-order valence-electron chi connectivity index (χ4n) is 5.27. The van der Waals surface area contributed by atoms with Gasteiger partial charge in [0.15, 0.2) is 5.13 Å². The van der Waals surface area contributed by atoms with Gasteiger partial charge in [-0.2, -0.15) is 0 Å². The van der Waals surface area contributed by atoms with Gasteiger partial charge in [-0.05, 0) is 102 Å². The molecule has 0 bridgehead atoms. The molecule has 1 fully saturated rings. The van der Waals surface area contributed by atoms with E-state index in [-0.39, 0.29) is 11.9 Å². The van der Waals surface area contributed by atoms with Gasteiger partial charge in [-0.1, -0.05) is 37.3 Å². The van der Waals surface area contributed by atoms with Crippen LogP contribution in [0.3, 0.4) is 0 Å². The molecule has 35 heavy (non-hydrogen) atoms. The molecular weight excluding hydrogens is 452 g/mol. The van der Waals surface area contributed by atoms with Crippen molar-refractivity contribution < 1.29 is 4.79 Å². The minimum absolute atomic E-state index is 0.00658. The summed E-state index contributed by atoms with van der Waals surface area (Å²) < 4.78 is 0. The molecule has 1 saturated carbocycles. The number of nitrogen functional groups attached to an aromatic ring is 1. The molecule has 0 aromatic carbocycles.